The molecule has 0 aliphatic rings. The normalized spacial score (nSPS) is 11.5. The zero-order valence-corrected chi connectivity index (χ0v) is 65.5. The van der Waals surface area contributed by atoms with Crippen LogP contribution in [0.1, 0.15) is 5.56 Å². The maximum absolute atomic E-state index is 16.3. The molecule has 19 heteroatoms. The molecule has 0 aliphatic carbocycles. The second-order valence-corrected chi connectivity index (χ2v) is 29.6. The minimum absolute atomic E-state index is 0.166. The molecule has 0 N–H and O–H groups in total. The van der Waals surface area contributed by atoms with E-state index in [2.05, 4.69) is 43.1 Å². The van der Waals surface area contributed by atoms with Crippen LogP contribution >= 0.6 is 0 Å². The highest BCUT2D eigenvalue weighted by Crippen LogP contribution is 2.49. The second-order valence-electron chi connectivity index (χ2n) is 29.6. The molecular weight excluding hydrogens is 1540 g/mol. The Morgan fingerprint density at radius 3 is 0.734 bits per heavy atom. The van der Waals surface area contributed by atoms with Crippen LogP contribution in [0.2, 0.25) is 0 Å². The average molecular weight is 1600 g/mol. The maximum Gasteiger partial charge on any atom is 0.415 e. The third-order valence-electron chi connectivity index (χ3n) is 22.0. The summed E-state index contributed by atoms with van der Waals surface area (Å²) >= 11 is 0. The number of alkyl halides is 3. The molecule has 582 valence electrons. The Kier molecular flexibility index (Phi) is 18.7. The lowest BCUT2D eigenvalue weighted by atomic mass is 9.89. The summed E-state index contributed by atoms with van der Waals surface area (Å²) in [5.41, 5.74) is 12.5. The zero-order valence-electron chi connectivity index (χ0n) is 65.5. The van der Waals surface area contributed by atoms with Gasteiger partial charge in [-0.25, -0.2) is 69.5 Å². The molecule has 0 fully saturated rings. The van der Waals surface area contributed by atoms with E-state index in [0.29, 0.717) is 137 Å². The summed E-state index contributed by atoms with van der Waals surface area (Å²) in [6.07, 6.45) is -4.95. The van der Waals surface area contributed by atoms with Gasteiger partial charge >= 0.3 is 6.18 Å². The smallest absolute Gasteiger partial charge is 0.309 e. The van der Waals surface area contributed by atoms with Crippen molar-refractivity contribution in [3.05, 3.63) is 398 Å². The Morgan fingerprint density at radius 2 is 0.460 bits per heavy atom. The van der Waals surface area contributed by atoms with Crippen molar-refractivity contribution >= 4 is 55.0 Å². The largest absolute Gasteiger partial charge is 0.415 e. The van der Waals surface area contributed by atoms with Crippen molar-refractivity contribution in [2.24, 2.45) is 0 Å². The third-order valence-corrected chi connectivity index (χ3v) is 22.0. The molecule has 0 atom stereocenters. The molecule has 21 rings (SSSR count). The molecule has 0 aliphatic heterocycles. The highest BCUT2D eigenvalue weighted by Gasteiger charge is 2.35. The number of halogens is 3. The van der Waals surface area contributed by atoms with Crippen LogP contribution in [-0.4, -0.2) is 68.9 Å². The first-order chi connectivity index (χ1) is 60.9. The van der Waals surface area contributed by atoms with Crippen molar-refractivity contribution < 1.29 is 13.2 Å². The Morgan fingerprint density at radius 1 is 0.210 bits per heavy atom. The SMILES string of the molecule is [C-]#[N+]c1ccc(-n2c3ccc(-c4nc(-c5ccccc5)nc(-c5ccccc5)n4)cc3c3cc(-c4nc(-c5ccccc5)nc(-c5ccccc5)n4)ccc32)c(-c2cc(-n3c4ccc(-c5nc(-c6ccccc6)nc(-c6ccccc6)n5)cc4c4cc(-c5nc(-c6ccccc6)nc(-c6ccccc6)n5)ccc43)ccc2-c2ccc([N+]#[C-])cc2C(F)(F)F)c1. The van der Waals surface area contributed by atoms with E-state index in [-0.39, 0.29) is 22.5 Å². The molecule has 6 aromatic heterocycles. The Balaban J connectivity index is 0.821. The van der Waals surface area contributed by atoms with E-state index >= 15 is 13.2 Å². The molecule has 21 aromatic rings. The predicted octanol–water partition coefficient (Wildman–Crippen LogP) is 26.1. The number of aromatic nitrogens is 14. The Hall–Kier alpha value is -17.3. The molecular formula is C105H61F3N16. The molecule has 0 saturated heterocycles. The van der Waals surface area contributed by atoms with E-state index in [4.69, 9.17) is 73.0 Å². The highest BCUT2D eigenvalue weighted by molar-refractivity contribution is 6.14. The second kappa shape index (κ2) is 31.2. The van der Waals surface area contributed by atoms with E-state index in [0.717, 1.165) is 72.1 Å². The quantitative estimate of drug-likeness (QED) is 0.0839. The van der Waals surface area contributed by atoms with Crippen molar-refractivity contribution in [1.29, 1.82) is 0 Å². The van der Waals surface area contributed by atoms with E-state index in [1.54, 1.807) is 18.2 Å². The standard InChI is InChI=1S/C105H61F3N16/c1-109-76-48-56-92(124-90-54-45-74(103-119-97(68-35-19-7-20-36-68)113-98(120-103)69-37-21-8-22-38-69)59-84(90)85-60-75(46-55-91(85)124)104-121-99(70-39-23-9-24-40-70)114-100(122-104)71-41-25-10-26-42-71)86(61-76)81-63-78(49-51-79(81)80-50-47-77(110-2)62-87(80)105(106,107)108)123-88-52-43-72(101-115-93(64-27-11-3-12-28-64)111-94(116-101)65-29-13-4-14-30-65)57-82(88)83-58-73(44-53-89(83)123)102-117-95(66-31-15-5-16-32-66)112-96(118-102)67-33-17-6-18-34-67/h3-63H. The van der Waals surface area contributed by atoms with Gasteiger partial charge in [-0.1, -0.05) is 267 Å². The highest BCUT2D eigenvalue weighted by atomic mass is 19.4. The van der Waals surface area contributed by atoms with Gasteiger partial charge in [-0.3, -0.25) is 0 Å². The van der Waals surface area contributed by atoms with Crippen molar-refractivity contribution in [3.8, 4) is 170 Å². The fourth-order valence-corrected chi connectivity index (χ4v) is 16.1. The number of fused-ring (bicyclic) bond motifs is 6. The molecule has 0 spiro atoms. The zero-order chi connectivity index (χ0) is 83.4. The number of nitrogens with zero attached hydrogens (tertiary/aromatic N) is 16. The van der Waals surface area contributed by atoms with Gasteiger partial charge in [0.15, 0.2) is 81.3 Å². The average Bonchev–Trinajstić information content (AvgIpc) is 1.70. The summed E-state index contributed by atoms with van der Waals surface area (Å²) in [6.45, 7) is 16.8. The van der Waals surface area contributed by atoms with Crippen LogP contribution in [0.25, 0.3) is 224 Å². The number of hydrogen-bond donors (Lipinski definition) is 0. The summed E-state index contributed by atoms with van der Waals surface area (Å²) in [4.78, 5) is 69.3. The van der Waals surface area contributed by atoms with Crippen molar-refractivity contribution in [2.45, 2.75) is 6.18 Å². The minimum atomic E-state index is -4.95. The fourth-order valence-electron chi connectivity index (χ4n) is 16.1. The van der Waals surface area contributed by atoms with Gasteiger partial charge in [0.25, 0.3) is 0 Å². The van der Waals surface area contributed by atoms with Gasteiger partial charge in [0.2, 0.25) is 0 Å². The van der Waals surface area contributed by atoms with Crippen LogP contribution in [0.15, 0.2) is 370 Å². The van der Waals surface area contributed by atoms with Gasteiger partial charge in [-0.15, -0.1) is 0 Å². The summed E-state index contributed by atoms with van der Waals surface area (Å²) < 4.78 is 53.1. The Labute approximate surface area is 707 Å². The molecule has 6 heterocycles. The Bertz CT molecular complexity index is 7240. The van der Waals surface area contributed by atoms with Crippen LogP contribution in [-0.2, 0) is 6.18 Å². The number of benzene rings is 15. The van der Waals surface area contributed by atoms with E-state index < -0.39 is 11.7 Å². The fraction of sp³-hybridized carbons (Fsp3) is 0.00952. The summed E-state index contributed by atoms with van der Waals surface area (Å²) in [5, 5.41) is 2.98. The van der Waals surface area contributed by atoms with Crippen LogP contribution in [0.4, 0.5) is 24.5 Å². The molecule has 124 heavy (non-hydrogen) atoms. The van der Waals surface area contributed by atoms with Crippen LogP contribution in [0.5, 0.6) is 0 Å². The van der Waals surface area contributed by atoms with Crippen molar-refractivity contribution in [2.75, 3.05) is 0 Å². The summed E-state index contributed by atoms with van der Waals surface area (Å²) in [7, 11) is 0. The van der Waals surface area contributed by atoms with E-state index in [1.165, 1.54) is 12.1 Å². The monoisotopic (exact) mass is 1600 g/mol. The molecule has 0 saturated carbocycles. The van der Waals surface area contributed by atoms with E-state index in [9.17, 15) is 0 Å². The lowest BCUT2D eigenvalue weighted by Crippen LogP contribution is -2.08. The maximum atomic E-state index is 16.3. The molecule has 16 nitrogen and oxygen atoms in total. The third kappa shape index (κ3) is 14.0. The predicted molar refractivity (Wildman–Crippen MR) is 482 cm³/mol. The number of hydrogen-bond acceptors (Lipinski definition) is 12. The lowest BCUT2D eigenvalue weighted by molar-refractivity contribution is -0.137. The molecule has 0 bridgehead atoms. The molecule has 15 aromatic carbocycles. The van der Waals surface area contributed by atoms with E-state index in [1.807, 2.05) is 309 Å². The van der Waals surface area contributed by atoms with Gasteiger partial charge in [-0.2, -0.15) is 13.2 Å². The van der Waals surface area contributed by atoms with Gasteiger partial charge in [0.05, 0.1) is 46.5 Å². The van der Waals surface area contributed by atoms with Gasteiger partial charge in [0, 0.05) is 94.0 Å². The van der Waals surface area contributed by atoms with Gasteiger partial charge in [-0.05, 0) is 125 Å². The summed E-state index contributed by atoms with van der Waals surface area (Å²) in [5.74, 6) is 5.36. The molecule has 0 radical (unpaired) electrons. The molecule has 0 amide bonds. The lowest BCUT2D eigenvalue weighted by Gasteiger charge is -2.21. The first kappa shape index (κ1) is 74.3. The first-order valence-electron chi connectivity index (χ1n) is 39.9. The summed E-state index contributed by atoms with van der Waals surface area (Å²) in [6, 6.07) is 117. The van der Waals surface area contributed by atoms with Crippen molar-refractivity contribution in [1.82, 2.24) is 68.9 Å². The van der Waals surface area contributed by atoms with Gasteiger partial charge < -0.3 is 9.13 Å². The number of rotatable bonds is 16. The van der Waals surface area contributed by atoms with Crippen molar-refractivity contribution in [3.63, 3.8) is 0 Å². The van der Waals surface area contributed by atoms with Crippen LogP contribution in [0, 0.1) is 13.1 Å². The molecule has 0 unspecified atom stereocenters. The van der Waals surface area contributed by atoms with Crippen LogP contribution < -0.4 is 0 Å². The minimum Gasteiger partial charge on any atom is -0.309 e. The van der Waals surface area contributed by atoms with Gasteiger partial charge in [0.1, 0.15) is 0 Å². The first-order valence-corrected chi connectivity index (χ1v) is 39.9. The topological polar surface area (TPSA) is 173 Å². The van der Waals surface area contributed by atoms with Crippen LogP contribution in [0.3, 0.4) is 0 Å².